The van der Waals surface area contributed by atoms with Crippen LogP contribution in [0.5, 0.6) is 0 Å². The van der Waals surface area contributed by atoms with Crippen molar-refractivity contribution in [2.24, 2.45) is 0 Å². The van der Waals surface area contributed by atoms with Crippen molar-refractivity contribution in [2.45, 2.75) is 408 Å². The Hall–Kier alpha value is -2.57. The van der Waals surface area contributed by atoms with Crippen molar-refractivity contribution < 1.29 is 64.6 Å². The lowest BCUT2D eigenvalue weighted by Gasteiger charge is -2.46. The number of carbonyl (C=O) groups is 1. The van der Waals surface area contributed by atoms with Gasteiger partial charge in [0.1, 0.15) is 48.8 Å². The third kappa shape index (κ3) is 46.7. The number of amides is 1. The fourth-order valence-corrected chi connectivity index (χ4v) is 12.7. The maximum atomic E-state index is 13.4. The number of carbonyl (C=O) groups excluding carboxylic acids is 1. The van der Waals surface area contributed by atoms with E-state index >= 15 is 0 Å². The van der Waals surface area contributed by atoms with Gasteiger partial charge in [-0.2, -0.15) is 0 Å². The number of rotatable bonds is 65. The Labute approximate surface area is 574 Å². The number of aliphatic hydroxyl groups is 8. The molecular weight excluding hydrogens is 1180 g/mol. The minimum atomic E-state index is -1.79. The summed E-state index contributed by atoms with van der Waals surface area (Å²) in [5.74, 6) is -0.238. The SMILES string of the molecule is CC/C=C\C/C=C\C/C=C\C/C=C\C/C=C\CCCCCCCCCCCCCCCC(=O)NC(COC1OC(CO)C(OC2OC(CO)C(O)C(O)C2O)C(O)C1O)C(O)/C=C/CCCCCCCCCCCCCCCCCCCCCCCCCCCCCCC. The summed E-state index contributed by atoms with van der Waals surface area (Å²) in [5, 5.41) is 87.7. The van der Waals surface area contributed by atoms with Crippen LogP contribution in [0.25, 0.3) is 0 Å². The third-order valence-corrected chi connectivity index (χ3v) is 18.9. The average Bonchev–Trinajstić information content (AvgIpc) is 0.794. The zero-order valence-electron chi connectivity index (χ0n) is 60.0. The Morgan fingerprint density at radius 2 is 0.734 bits per heavy atom. The molecule has 0 radical (unpaired) electrons. The van der Waals surface area contributed by atoms with Crippen LogP contribution in [0.2, 0.25) is 0 Å². The molecule has 0 bridgehead atoms. The smallest absolute Gasteiger partial charge is 0.220 e. The van der Waals surface area contributed by atoms with Crippen molar-refractivity contribution in [1.82, 2.24) is 5.32 Å². The van der Waals surface area contributed by atoms with Gasteiger partial charge >= 0.3 is 0 Å². The van der Waals surface area contributed by atoms with E-state index in [2.05, 4.69) is 79.9 Å². The van der Waals surface area contributed by atoms with E-state index < -0.39 is 86.8 Å². The molecule has 0 aromatic rings. The zero-order chi connectivity index (χ0) is 68.0. The first-order valence-corrected chi connectivity index (χ1v) is 39.2. The van der Waals surface area contributed by atoms with E-state index in [0.717, 1.165) is 77.0 Å². The molecule has 2 saturated heterocycles. The van der Waals surface area contributed by atoms with Crippen molar-refractivity contribution in [3.05, 3.63) is 72.9 Å². The van der Waals surface area contributed by atoms with Gasteiger partial charge in [0, 0.05) is 6.42 Å². The molecule has 0 aromatic heterocycles. The summed E-state index contributed by atoms with van der Waals surface area (Å²) in [6, 6.07) is -0.921. The number of unbranched alkanes of at least 4 members (excludes halogenated alkanes) is 42. The van der Waals surface area contributed by atoms with Crippen LogP contribution >= 0.6 is 0 Å². The summed E-state index contributed by atoms with van der Waals surface area (Å²) in [4.78, 5) is 13.4. The summed E-state index contributed by atoms with van der Waals surface area (Å²) < 4.78 is 22.9. The molecule has 12 unspecified atom stereocenters. The second-order valence-electron chi connectivity index (χ2n) is 27.5. The molecule has 2 aliphatic rings. The predicted octanol–water partition coefficient (Wildman–Crippen LogP) is 17.4. The lowest BCUT2D eigenvalue weighted by Crippen LogP contribution is -2.65. The maximum absolute atomic E-state index is 13.4. The van der Waals surface area contributed by atoms with E-state index in [9.17, 15) is 45.6 Å². The van der Waals surface area contributed by atoms with Gasteiger partial charge in [0.05, 0.1) is 32.0 Å². The van der Waals surface area contributed by atoms with E-state index in [-0.39, 0.29) is 18.9 Å². The van der Waals surface area contributed by atoms with Gasteiger partial charge in [0.25, 0.3) is 0 Å². The number of ether oxygens (including phenoxy) is 4. The molecule has 14 heteroatoms. The number of allylic oxidation sites excluding steroid dienone is 11. The minimum Gasteiger partial charge on any atom is -0.394 e. The van der Waals surface area contributed by atoms with Crippen LogP contribution in [0.1, 0.15) is 335 Å². The largest absolute Gasteiger partial charge is 0.394 e. The summed E-state index contributed by atoms with van der Waals surface area (Å²) in [6.45, 7) is 2.73. The molecule has 14 nitrogen and oxygen atoms in total. The van der Waals surface area contributed by atoms with Crippen LogP contribution in [0, 0.1) is 0 Å². The molecule has 0 aromatic carbocycles. The van der Waals surface area contributed by atoms with E-state index in [0.29, 0.717) is 6.42 Å². The van der Waals surface area contributed by atoms with Gasteiger partial charge in [0.2, 0.25) is 5.91 Å². The van der Waals surface area contributed by atoms with Gasteiger partial charge in [-0.15, -0.1) is 0 Å². The quantitative estimate of drug-likeness (QED) is 0.0204. The summed E-state index contributed by atoms with van der Waals surface area (Å²) in [6.07, 6.45) is 71.1. The molecule has 94 heavy (non-hydrogen) atoms. The van der Waals surface area contributed by atoms with Gasteiger partial charge in [0.15, 0.2) is 12.6 Å². The summed E-state index contributed by atoms with van der Waals surface area (Å²) in [5.41, 5.74) is 0. The maximum Gasteiger partial charge on any atom is 0.220 e. The first-order chi connectivity index (χ1) is 46.1. The number of nitrogens with one attached hydrogen (secondary N) is 1. The van der Waals surface area contributed by atoms with Crippen LogP contribution < -0.4 is 5.32 Å². The summed E-state index contributed by atoms with van der Waals surface area (Å²) >= 11 is 0. The van der Waals surface area contributed by atoms with E-state index in [1.807, 2.05) is 6.08 Å². The zero-order valence-corrected chi connectivity index (χ0v) is 60.0. The second-order valence-corrected chi connectivity index (χ2v) is 27.5. The molecule has 12 atom stereocenters. The van der Waals surface area contributed by atoms with Gasteiger partial charge in [-0.05, 0) is 64.2 Å². The first kappa shape index (κ1) is 87.5. The van der Waals surface area contributed by atoms with Gasteiger partial charge in [-0.25, -0.2) is 0 Å². The molecule has 1 amide bonds. The van der Waals surface area contributed by atoms with Crippen LogP contribution in [0.15, 0.2) is 72.9 Å². The molecule has 2 rings (SSSR count). The van der Waals surface area contributed by atoms with E-state index in [4.69, 9.17) is 18.9 Å². The lowest BCUT2D eigenvalue weighted by atomic mass is 9.97. The van der Waals surface area contributed by atoms with Crippen molar-refractivity contribution in [1.29, 1.82) is 0 Å². The van der Waals surface area contributed by atoms with Crippen LogP contribution in [0.4, 0.5) is 0 Å². The molecule has 0 aliphatic carbocycles. The van der Waals surface area contributed by atoms with Gasteiger partial charge < -0.3 is 65.1 Å². The summed E-state index contributed by atoms with van der Waals surface area (Å²) in [7, 11) is 0. The van der Waals surface area contributed by atoms with Crippen LogP contribution in [-0.2, 0) is 23.7 Å². The van der Waals surface area contributed by atoms with E-state index in [1.54, 1.807) is 6.08 Å². The number of hydrogen-bond donors (Lipinski definition) is 9. The Morgan fingerprint density at radius 3 is 1.13 bits per heavy atom. The Morgan fingerprint density at radius 1 is 0.394 bits per heavy atom. The van der Waals surface area contributed by atoms with Gasteiger partial charge in [-0.1, -0.05) is 337 Å². The molecule has 2 aliphatic heterocycles. The second kappa shape index (κ2) is 63.8. The van der Waals surface area contributed by atoms with Crippen LogP contribution in [0.3, 0.4) is 0 Å². The third-order valence-electron chi connectivity index (χ3n) is 18.9. The molecule has 2 fully saturated rings. The van der Waals surface area contributed by atoms with E-state index in [1.165, 1.54) is 231 Å². The number of hydrogen-bond acceptors (Lipinski definition) is 13. The molecule has 9 N–H and O–H groups in total. The topological polar surface area (TPSA) is 228 Å². The fourth-order valence-electron chi connectivity index (χ4n) is 12.7. The standard InChI is InChI=1S/C80H145NO13/c1-3-5-7-9-11-13-15-17-19-21-23-25-27-29-31-33-34-36-37-39-41-43-45-47-49-51-53-55-57-59-61-63-69(84)68(67-91-79-77(90)75(88)78(71(66-83)93-79)94-80-76(89)74(87)73(86)70(65-82)92-80)81-72(85)64-62-60-58-56-54-52-50-48-46-44-42-40-38-35-32-30-28-26-24-22-20-18-16-14-12-10-8-6-4-2/h6,8,12,14,18,20,24,26,30,32,61,63,68-71,73-80,82-84,86-90H,3-5,7,9-11,13,15-17,19,21-23,25,27-29,31,33-60,62,64-67H2,1-2H3,(H,81,85)/b8-6-,14-12-,20-18-,26-24-,32-30-,63-61+. The predicted molar refractivity (Wildman–Crippen MR) is 387 cm³/mol. The van der Waals surface area contributed by atoms with Crippen molar-refractivity contribution >= 4 is 5.91 Å². The monoisotopic (exact) mass is 1330 g/mol. The van der Waals surface area contributed by atoms with Crippen molar-refractivity contribution in [2.75, 3.05) is 19.8 Å². The fraction of sp³-hybridized carbons (Fsp3) is 0.838. The lowest BCUT2D eigenvalue weighted by molar-refractivity contribution is -0.359. The Kier molecular flexibility index (Phi) is 59.4. The highest BCUT2D eigenvalue weighted by atomic mass is 16.7. The highest BCUT2D eigenvalue weighted by Crippen LogP contribution is 2.30. The molecule has 0 saturated carbocycles. The normalized spacial score (nSPS) is 22.8. The highest BCUT2D eigenvalue weighted by Gasteiger charge is 2.51. The van der Waals surface area contributed by atoms with Crippen molar-refractivity contribution in [3.63, 3.8) is 0 Å². The van der Waals surface area contributed by atoms with Crippen molar-refractivity contribution in [3.8, 4) is 0 Å². The van der Waals surface area contributed by atoms with Gasteiger partial charge in [-0.3, -0.25) is 4.79 Å². The Balaban J connectivity index is 1.64. The molecule has 548 valence electrons. The molecular formula is C80H145NO13. The highest BCUT2D eigenvalue weighted by molar-refractivity contribution is 5.76. The first-order valence-electron chi connectivity index (χ1n) is 39.2. The minimum absolute atomic E-state index is 0.238. The average molecular weight is 1330 g/mol. The number of aliphatic hydroxyl groups excluding tert-OH is 8. The molecule has 0 spiro atoms. The Bertz CT molecular complexity index is 1860. The molecule has 2 heterocycles. The van der Waals surface area contributed by atoms with Crippen LogP contribution in [-0.4, -0.2) is 140 Å².